The van der Waals surface area contributed by atoms with Gasteiger partial charge < -0.3 is 15.5 Å². The predicted molar refractivity (Wildman–Crippen MR) is 60.8 cm³/mol. The van der Waals surface area contributed by atoms with E-state index in [1.54, 1.807) is 16.2 Å². The molecule has 1 saturated heterocycles. The van der Waals surface area contributed by atoms with Crippen LogP contribution in [0, 0.1) is 0 Å². The summed E-state index contributed by atoms with van der Waals surface area (Å²) < 4.78 is 0. The van der Waals surface area contributed by atoms with Crippen LogP contribution in [0.2, 0.25) is 0 Å². The van der Waals surface area contributed by atoms with Crippen LogP contribution in [0.1, 0.15) is 10.9 Å². The highest BCUT2D eigenvalue weighted by Crippen LogP contribution is 2.30. The van der Waals surface area contributed by atoms with Crippen LogP contribution in [0.4, 0.5) is 4.79 Å². The summed E-state index contributed by atoms with van der Waals surface area (Å²) in [5.41, 5.74) is 5.52. The number of urea groups is 1. The first-order valence-electron chi connectivity index (χ1n) is 4.99. The minimum atomic E-state index is 0.0823. The molecule has 2 rings (SSSR count). The Morgan fingerprint density at radius 2 is 2.47 bits per heavy atom. The van der Waals surface area contributed by atoms with Crippen molar-refractivity contribution in [3.63, 3.8) is 0 Å². The highest BCUT2D eigenvalue weighted by Gasteiger charge is 2.35. The standard InChI is InChI=1S/C10H15N3OS/c1-12-7-8(9-3-2-6-15-9)13(5-4-11)10(12)14/h2-3,6,8H,4-5,7,11H2,1H3. The number of amides is 2. The van der Waals surface area contributed by atoms with Crippen molar-refractivity contribution in [2.45, 2.75) is 6.04 Å². The first-order valence-corrected chi connectivity index (χ1v) is 5.87. The molecular weight excluding hydrogens is 210 g/mol. The molecule has 0 aromatic carbocycles. The van der Waals surface area contributed by atoms with Gasteiger partial charge in [-0.2, -0.15) is 0 Å². The summed E-state index contributed by atoms with van der Waals surface area (Å²) in [6.07, 6.45) is 0. The molecule has 5 heteroatoms. The number of thiophene rings is 1. The van der Waals surface area contributed by atoms with E-state index in [0.717, 1.165) is 6.54 Å². The molecule has 2 N–H and O–H groups in total. The predicted octanol–water partition coefficient (Wildman–Crippen LogP) is 1.12. The number of hydrogen-bond donors (Lipinski definition) is 1. The molecule has 1 fully saturated rings. The van der Waals surface area contributed by atoms with Crippen molar-refractivity contribution in [1.82, 2.24) is 9.80 Å². The van der Waals surface area contributed by atoms with Gasteiger partial charge in [-0.05, 0) is 11.4 Å². The van der Waals surface area contributed by atoms with Gasteiger partial charge in [-0.15, -0.1) is 11.3 Å². The maximum absolute atomic E-state index is 11.8. The minimum Gasteiger partial charge on any atom is -0.329 e. The molecule has 1 aromatic heterocycles. The van der Waals surface area contributed by atoms with Crippen molar-refractivity contribution < 1.29 is 4.79 Å². The molecule has 82 valence electrons. The van der Waals surface area contributed by atoms with E-state index in [0.29, 0.717) is 13.1 Å². The van der Waals surface area contributed by atoms with Gasteiger partial charge in [-0.1, -0.05) is 6.07 Å². The van der Waals surface area contributed by atoms with Crippen molar-refractivity contribution >= 4 is 17.4 Å². The molecule has 0 bridgehead atoms. The van der Waals surface area contributed by atoms with E-state index in [4.69, 9.17) is 5.73 Å². The molecule has 0 spiro atoms. The zero-order valence-corrected chi connectivity index (χ0v) is 9.54. The Morgan fingerprint density at radius 1 is 1.67 bits per heavy atom. The molecule has 1 aromatic rings. The van der Waals surface area contributed by atoms with Gasteiger partial charge in [-0.25, -0.2) is 4.79 Å². The lowest BCUT2D eigenvalue weighted by atomic mass is 10.2. The van der Waals surface area contributed by atoms with Gasteiger partial charge in [0.1, 0.15) is 0 Å². The van der Waals surface area contributed by atoms with Gasteiger partial charge in [0.25, 0.3) is 0 Å². The van der Waals surface area contributed by atoms with Crippen molar-refractivity contribution in [2.24, 2.45) is 5.73 Å². The summed E-state index contributed by atoms with van der Waals surface area (Å²) >= 11 is 1.69. The summed E-state index contributed by atoms with van der Waals surface area (Å²) in [4.78, 5) is 16.6. The summed E-state index contributed by atoms with van der Waals surface area (Å²) in [6, 6.07) is 4.36. The van der Waals surface area contributed by atoms with Crippen LogP contribution in [0.25, 0.3) is 0 Å². The van der Waals surface area contributed by atoms with Crippen LogP contribution in [0.3, 0.4) is 0 Å². The minimum absolute atomic E-state index is 0.0823. The van der Waals surface area contributed by atoms with Gasteiger partial charge in [0, 0.05) is 31.6 Å². The van der Waals surface area contributed by atoms with E-state index in [-0.39, 0.29) is 12.1 Å². The maximum Gasteiger partial charge on any atom is 0.320 e. The Labute approximate surface area is 93.3 Å². The SMILES string of the molecule is CN1CC(c2cccs2)N(CCN)C1=O. The Hall–Kier alpha value is -1.07. The third-order valence-corrected chi connectivity index (χ3v) is 3.61. The number of nitrogens with zero attached hydrogens (tertiary/aromatic N) is 2. The third-order valence-electron chi connectivity index (χ3n) is 2.64. The molecule has 1 atom stereocenters. The molecular formula is C10H15N3OS. The van der Waals surface area contributed by atoms with Gasteiger partial charge >= 0.3 is 6.03 Å². The van der Waals surface area contributed by atoms with Crippen molar-refractivity contribution in [3.05, 3.63) is 22.4 Å². The molecule has 15 heavy (non-hydrogen) atoms. The molecule has 0 aliphatic carbocycles. The van der Waals surface area contributed by atoms with Crippen LogP contribution in [0.5, 0.6) is 0 Å². The van der Waals surface area contributed by atoms with Gasteiger partial charge in [0.05, 0.1) is 6.04 Å². The maximum atomic E-state index is 11.8. The monoisotopic (exact) mass is 225 g/mol. The number of rotatable bonds is 3. The van der Waals surface area contributed by atoms with Crippen LogP contribution < -0.4 is 5.73 Å². The average molecular weight is 225 g/mol. The number of carbonyl (C=O) groups is 1. The summed E-state index contributed by atoms with van der Waals surface area (Å²) in [7, 11) is 1.83. The third kappa shape index (κ3) is 1.85. The van der Waals surface area contributed by atoms with Gasteiger partial charge in [0.2, 0.25) is 0 Å². The van der Waals surface area contributed by atoms with E-state index in [2.05, 4.69) is 6.07 Å². The van der Waals surface area contributed by atoms with Gasteiger partial charge in [0.15, 0.2) is 0 Å². The molecule has 0 saturated carbocycles. The lowest BCUT2D eigenvalue weighted by Crippen LogP contribution is -2.34. The van der Waals surface area contributed by atoms with Crippen molar-refractivity contribution in [2.75, 3.05) is 26.7 Å². The second-order valence-corrected chi connectivity index (χ2v) is 4.66. The number of hydrogen-bond acceptors (Lipinski definition) is 3. The van der Waals surface area contributed by atoms with Crippen LogP contribution in [-0.2, 0) is 0 Å². The highest BCUT2D eigenvalue weighted by atomic mass is 32.1. The van der Waals surface area contributed by atoms with Crippen LogP contribution in [0.15, 0.2) is 17.5 Å². The van der Waals surface area contributed by atoms with Crippen LogP contribution >= 0.6 is 11.3 Å². The lowest BCUT2D eigenvalue weighted by Gasteiger charge is -2.21. The molecule has 2 heterocycles. The normalized spacial score (nSPS) is 21.5. The van der Waals surface area contributed by atoms with Gasteiger partial charge in [-0.3, -0.25) is 0 Å². The van der Waals surface area contributed by atoms with Crippen LogP contribution in [-0.4, -0.2) is 42.5 Å². The van der Waals surface area contributed by atoms with E-state index in [9.17, 15) is 4.79 Å². The number of carbonyl (C=O) groups excluding carboxylic acids is 1. The Balaban J connectivity index is 2.20. The zero-order chi connectivity index (χ0) is 10.8. The summed E-state index contributed by atoms with van der Waals surface area (Å²) in [5.74, 6) is 0. The second kappa shape index (κ2) is 4.20. The molecule has 0 radical (unpaired) electrons. The Morgan fingerprint density at radius 3 is 3.07 bits per heavy atom. The molecule has 1 unspecified atom stereocenters. The molecule has 1 aliphatic rings. The quantitative estimate of drug-likeness (QED) is 0.838. The van der Waals surface area contributed by atoms with E-state index in [1.165, 1.54) is 4.88 Å². The zero-order valence-electron chi connectivity index (χ0n) is 8.72. The number of nitrogens with two attached hydrogens (primary N) is 1. The van der Waals surface area contributed by atoms with Crippen molar-refractivity contribution in [1.29, 1.82) is 0 Å². The second-order valence-electron chi connectivity index (χ2n) is 3.68. The summed E-state index contributed by atoms with van der Waals surface area (Å²) in [6.45, 7) is 1.91. The number of likely N-dealkylation sites (N-methyl/N-ethyl adjacent to an activating group) is 1. The average Bonchev–Trinajstić information content (AvgIpc) is 2.81. The lowest BCUT2D eigenvalue weighted by molar-refractivity contribution is 0.193. The smallest absolute Gasteiger partial charge is 0.320 e. The fourth-order valence-corrected chi connectivity index (χ4v) is 2.73. The molecule has 2 amide bonds. The topological polar surface area (TPSA) is 49.6 Å². The first kappa shape index (κ1) is 10.4. The van der Waals surface area contributed by atoms with E-state index >= 15 is 0 Å². The van der Waals surface area contributed by atoms with E-state index in [1.807, 2.05) is 23.4 Å². The largest absolute Gasteiger partial charge is 0.329 e. The molecule has 1 aliphatic heterocycles. The van der Waals surface area contributed by atoms with E-state index < -0.39 is 0 Å². The highest BCUT2D eigenvalue weighted by molar-refractivity contribution is 7.10. The fraction of sp³-hybridized carbons (Fsp3) is 0.500. The first-order chi connectivity index (χ1) is 7.24. The Kier molecular flexibility index (Phi) is 2.93. The fourth-order valence-electron chi connectivity index (χ4n) is 1.90. The summed E-state index contributed by atoms with van der Waals surface area (Å²) in [5, 5.41) is 2.04. The van der Waals surface area contributed by atoms with Crippen molar-refractivity contribution in [3.8, 4) is 0 Å². The molecule has 4 nitrogen and oxygen atoms in total. The Bertz CT molecular complexity index is 338.